The van der Waals surface area contributed by atoms with E-state index in [0.29, 0.717) is 18.5 Å². The second-order valence-electron chi connectivity index (χ2n) is 10.6. The lowest BCUT2D eigenvalue weighted by Gasteiger charge is -2.56. The first-order valence-electron chi connectivity index (χ1n) is 11.9. The van der Waals surface area contributed by atoms with Crippen LogP contribution in [0.15, 0.2) is 0 Å². The molecule has 29 heavy (non-hydrogen) atoms. The molecule has 0 aromatic heterocycles. The third-order valence-electron chi connectivity index (χ3n) is 8.55. The highest BCUT2D eigenvalue weighted by Gasteiger charge is 2.56. The van der Waals surface area contributed by atoms with Gasteiger partial charge in [0, 0.05) is 32.2 Å². The van der Waals surface area contributed by atoms with Crippen LogP contribution in [-0.2, 0) is 14.3 Å². The summed E-state index contributed by atoms with van der Waals surface area (Å²) < 4.78 is 5.42. The Morgan fingerprint density at radius 1 is 1.03 bits per heavy atom. The smallest absolute Gasteiger partial charge is 0.242 e. The molecule has 1 N–H and O–H groups in total. The molecule has 2 heterocycles. The molecule has 6 rings (SSSR count). The van der Waals surface area contributed by atoms with Crippen LogP contribution in [0, 0.1) is 23.2 Å². The lowest BCUT2D eigenvalue weighted by molar-refractivity contribution is -0.160. The number of nitrogens with one attached hydrogen (secondary N) is 1. The van der Waals surface area contributed by atoms with E-state index >= 15 is 0 Å². The molecule has 0 spiro atoms. The first-order chi connectivity index (χ1) is 14.0. The highest BCUT2D eigenvalue weighted by atomic mass is 16.5. The predicted octanol–water partition coefficient (Wildman–Crippen LogP) is 2.03. The van der Waals surface area contributed by atoms with E-state index in [-0.39, 0.29) is 17.4 Å². The Bertz CT molecular complexity index is 610. The van der Waals surface area contributed by atoms with Crippen LogP contribution in [0.4, 0.5) is 0 Å². The molecule has 2 atom stereocenters. The van der Waals surface area contributed by atoms with Crippen LogP contribution in [0.3, 0.4) is 0 Å². The van der Waals surface area contributed by atoms with Crippen molar-refractivity contribution in [1.82, 2.24) is 15.1 Å². The van der Waals surface area contributed by atoms with E-state index < -0.39 is 0 Å². The molecule has 6 aliphatic rings. The number of likely N-dealkylation sites (tertiary alicyclic amines) is 1. The Morgan fingerprint density at radius 2 is 1.66 bits per heavy atom. The number of rotatable bonds is 5. The fraction of sp³-hybridized carbons (Fsp3) is 0.913. The SMILES string of the molecule is CC(CNC(=O)C1CCCN1C(=O)C12CC3CC(CC(C3)C1)C2)N1CCOCC1. The molecule has 6 fully saturated rings. The summed E-state index contributed by atoms with van der Waals surface area (Å²) in [5.74, 6) is 2.65. The number of hydrogen-bond donors (Lipinski definition) is 1. The van der Waals surface area contributed by atoms with Crippen LogP contribution in [0.5, 0.6) is 0 Å². The van der Waals surface area contributed by atoms with Gasteiger partial charge in [-0.3, -0.25) is 14.5 Å². The van der Waals surface area contributed by atoms with E-state index in [1.807, 2.05) is 4.90 Å². The monoisotopic (exact) mass is 403 g/mol. The van der Waals surface area contributed by atoms with E-state index in [2.05, 4.69) is 17.1 Å². The van der Waals surface area contributed by atoms with Crippen LogP contribution < -0.4 is 5.32 Å². The number of nitrogens with zero attached hydrogens (tertiary/aromatic N) is 2. The molecule has 4 aliphatic carbocycles. The zero-order valence-corrected chi connectivity index (χ0v) is 17.9. The second kappa shape index (κ2) is 7.84. The van der Waals surface area contributed by atoms with Crippen LogP contribution >= 0.6 is 0 Å². The Kier molecular flexibility index (Phi) is 5.35. The van der Waals surface area contributed by atoms with Gasteiger partial charge in [0.25, 0.3) is 0 Å². The van der Waals surface area contributed by atoms with Gasteiger partial charge >= 0.3 is 0 Å². The summed E-state index contributed by atoms with van der Waals surface area (Å²) in [6.07, 6.45) is 9.04. The van der Waals surface area contributed by atoms with E-state index in [1.165, 1.54) is 19.3 Å². The molecule has 4 saturated carbocycles. The van der Waals surface area contributed by atoms with Gasteiger partial charge in [-0.15, -0.1) is 0 Å². The van der Waals surface area contributed by atoms with Gasteiger partial charge in [-0.05, 0) is 76.0 Å². The quantitative estimate of drug-likeness (QED) is 0.763. The lowest BCUT2D eigenvalue weighted by atomic mass is 9.49. The normalized spacial score (nSPS) is 40.2. The number of hydrogen-bond acceptors (Lipinski definition) is 4. The van der Waals surface area contributed by atoms with Gasteiger partial charge in [-0.25, -0.2) is 0 Å². The molecule has 0 radical (unpaired) electrons. The molecule has 162 valence electrons. The van der Waals surface area contributed by atoms with E-state index in [1.54, 1.807) is 0 Å². The third-order valence-corrected chi connectivity index (χ3v) is 8.55. The Labute approximate surface area is 174 Å². The van der Waals surface area contributed by atoms with Crippen molar-refractivity contribution in [2.75, 3.05) is 39.4 Å². The van der Waals surface area contributed by atoms with Crippen molar-refractivity contribution in [3.8, 4) is 0 Å². The summed E-state index contributed by atoms with van der Waals surface area (Å²) in [7, 11) is 0. The minimum Gasteiger partial charge on any atom is -0.379 e. The lowest BCUT2D eigenvalue weighted by Crippen LogP contribution is -2.57. The molecular formula is C23H37N3O3. The van der Waals surface area contributed by atoms with Gasteiger partial charge in [0.2, 0.25) is 11.8 Å². The summed E-state index contributed by atoms with van der Waals surface area (Å²) in [4.78, 5) is 31.1. The number of morpholine rings is 1. The molecule has 4 bridgehead atoms. The Balaban J connectivity index is 1.21. The average molecular weight is 404 g/mol. The second-order valence-corrected chi connectivity index (χ2v) is 10.6. The minimum atomic E-state index is -0.257. The summed E-state index contributed by atoms with van der Waals surface area (Å²) in [6.45, 7) is 6.97. The third kappa shape index (κ3) is 3.71. The van der Waals surface area contributed by atoms with Gasteiger partial charge in [-0.1, -0.05) is 0 Å². The van der Waals surface area contributed by atoms with Crippen molar-refractivity contribution in [1.29, 1.82) is 0 Å². The molecule has 6 nitrogen and oxygen atoms in total. The molecule has 2 saturated heterocycles. The van der Waals surface area contributed by atoms with E-state index in [9.17, 15) is 9.59 Å². The van der Waals surface area contributed by atoms with Gasteiger partial charge in [0.05, 0.1) is 18.6 Å². The molecule has 2 amide bonds. The fourth-order valence-electron chi connectivity index (χ4n) is 7.47. The first kappa shape index (κ1) is 19.8. The van der Waals surface area contributed by atoms with Crippen LogP contribution in [0.2, 0.25) is 0 Å². The topological polar surface area (TPSA) is 61.9 Å². The summed E-state index contributed by atoms with van der Waals surface area (Å²) in [5, 5.41) is 3.16. The largest absolute Gasteiger partial charge is 0.379 e. The molecular weight excluding hydrogens is 366 g/mol. The van der Waals surface area contributed by atoms with Crippen molar-refractivity contribution in [3.63, 3.8) is 0 Å². The summed E-state index contributed by atoms with van der Waals surface area (Å²) in [6, 6.07) is 0.0453. The highest BCUT2D eigenvalue weighted by Crippen LogP contribution is 2.60. The molecule has 6 heteroatoms. The highest BCUT2D eigenvalue weighted by molar-refractivity contribution is 5.91. The molecule has 0 aromatic rings. The number of amides is 2. The molecule has 0 aromatic carbocycles. The fourth-order valence-corrected chi connectivity index (χ4v) is 7.47. The number of carbonyl (C=O) groups is 2. The Hall–Kier alpha value is -1.14. The van der Waals surface area contributed by atoms with Gasteiger partial charge in [0.15, 0.2) is 0 Å². The summed E-state index contributed by atoms with van der Waals surface area (Å²) >= 11 is 0. The predicted molar refractivity (Wildman–Crippen MR) is 110 cm³/mol. The van der Waals surface area contributed by atoms with Crippen molar-refractivity contribution >= 4 is 11.8 Å². The van der Waals surface area contributed by atoms with Crippen molar-refractivity contribution in [2.45, 2.75) is 70.4 Å². The average Bonchev–Trinajstić information content (AvgIpc) is 3.20. The standard InChI is InChI=1S/C23H37N3O3/c1-16(25-5-7-29-8-6-25)15-24-21(27)20-3-2-4-26(20)22(28)23-12-17-9-18(13-23)11-19(10-17)14-23/h16-20H,2-15H2,1H3,(H,24,27). The van der Waals surface area contributed by atoms with Gasteiger partial charge in [0.1, 0.15) is 6.04 Å². The van der Waals surface area contributed by atoms with Crippen LogP contribution in [0.1, 0.15) is 58.3 Å². The van der Waals surface area contributed by atoms with E-state index in [0.717, 1.165) is 82.7 Å². The summed E-state index contributed by atoms with van der Waals surface area (Å²) in [5.41, 5.74) is -0.140. The zero-order chi connectivity index (χ0) is 20.0. The first-order valence-corrected chi connectivity index (χ1v) is 11.9. The van der Waals surface area contributed by atoms with E-state index in [4.69, 9.17) is 4.74 Å². The molecule has 2 aliphatic heterocycles. The molecule has 2 unspecified atom stereocenters. The number of carbonyl (C=O) groups excluding carboxylic acids is 2. The van der Waals surface area contributed by atoms with Gasteiger partial charge < -0.3 is 15.0 Å². The van der Waals surface area contributed by atoms with Crippen molar-refractivity contribution in [2.24, 2.45) is 23.2 Å². The maximum Gasteiger partial charge on any atom is 0.242 e. The zero-order valence-electron chi connectivity index (χ0n) is 17.9. The maximum absolute atomic E-state index is 13.7. The maximum atomic E-state index is 13.7. The Morgan fingerprint density at radius 3 is 2.28 bits per heavy atom. The minimum absolute atomic E-state index is 0.0562. The van der Waals surface area contributed by atoms with Gasteiger partial charge in [-0.2, -0.15) is 0 Å². The van der Waals surface area contributed by atoms with Crippen LogP contribution in [-0.4, -0.2) is 73.1 Å². The van der Waals surface area contributed by atoms with Crippen molar-refractivity contribution in [3.05, 3.63) is 0 Å². The van der Waals surface area contributed by atoms with Crippen molar-refractivity contribution < 1.29 is 14.3 Å². The van der Waals surface area contributed by atoms with Crippen LogP contribution in [0.25, 0.3) is 0 Å². The number of ether oxygens (including phenoxy) is 1.